The first kappa shape index (κ1) is 10.7. The molecule has 4 N–H and O–H groups in total. The average Bonchev–Trinajstić information content (AvgIpc) is 2.90. The van der Waals surface area contributed by atoms with Crippen LogP contribution < -0.4 is 11.1 Å². The van der Waals surface area contributed by atoms with Crippen molar-refractivity contribution in [2.24, 2.45) is 0 Å². The minimum atomic E-state index is -1.22. The molecule has 0 amide bonds. The van der Waals surface area contributed by atoms with E-state index in [1.807, 2.05) is 6.92 Å². The molecule has 1 fully saturated rings. The topological polar surface area (TPSA) is 75.3 Å². The third-order valence-electron chi connectivity index (χ3n) is 2.84. The molecule has 1 saturated carbocycles. The highest BCUT2D eigenvalue weighted by Crippen LogP contribution is 2.39. The zero-order valence-corrected chi connectivity index (χ0v) is 8.88. The predicted molar refractivity (Wildman–Crippen MR) is 59.0 cm³/mol. The SMILES string of the molecule is CC1(Nc2ccc(F)c(N)c2C(=O)O)CC1. The standard InChI is InChI=1S/C11H13FN2O2/c1-11(4-5-11)14-7-3-2-6(12)9(13)8(7)10(15)16/h2-3,14H,4-5,13H2,1H3,(H,15,16). The van der Waals surface area contributed by atoms with Gasteiger partial charge in [-0.15, -0.1) is 0 Å². The van der Waals surface area contributed by atoms with Crippen LogP contribution in [0.25, 0.3) is 0 Å². The van der Waals surface area contributed by atoms with Crippen LogP contribution in [0.1, 0.15) is 30.1 Å². The van der Waals surface area contributed by atoms with Crippen molar-refractivity contribution in [3.8, 4) is 0 Å². The first-order chi connectivity index (χ1) is 7.43. The third kappa shape index (κ3) is 1.80. The number of halogens is 1. The molecule has 0 saturated heterocycles. The Labute approximate surface area is 92.3 Å². The summed E-state index contributed by atoms with van der Waals surface area (Å²) in [4.78, 5) is 11.0. The number of benzene rings is 1. The van der Waals surface area contributed by atoms with Crippen LogP contribution in [-0.4, -0.2) is 16.6 Å². The number of nitrogens with two attached hydrogens (primary N) is 1. The van der Waals surface area contributed by atoms with Gasteiger partial charge in [0.15, 0.2) is 0 Å². The fourth-order valence-electron chi connectivity index (χ4n) is 1.57. The van der Waals surface area contributed by atoms with Gasteiger partial charge in [0.2, 0.25) is 0 Å². The molecule has 86 valence electrons. The number of hydrogen-bond donors (Lipinski definition) is 3. The van der Waals surface area contributed by atoms with Gasteiger partial charge in [-0.2, -0.15) is 0 Å². The van der Waals surface area contributed by atoms with Crippen LogP contribution in [0.4, 0.5) is 15.8 Å². The summed E-state index contributed by atoms with van der Waals surface area (Å²) in [6, 6.07) is 2.59. The van der Waals surface area contributed by atoms with Crippen molar-refractivity contribution in [1.82, 2.24) is 0 Å². The van der Waals surface area contributed by atoms with Crippen LogP contribution in [0.3, 0.4) is 0 Å². The number of nitrogens with one attached hydrogen (secondary N) is 1. The van der Waals surface area contributed by atoms with Gasteiger partial charge < -0.3 is 16.2 Å². The summed E-state index contributed by atoms with van der Waals surface area (Å²) in [6.07, 6.45) is 1.95. The van der Waals surface area contributed by atoms with Crippen LogP contribution in [0.5, 0.6) is 0 Å². The van der Waals surface area contributed by atoms with E-state index in [0.29, 0.717) is 5.69 Å². The van der Waals surface area contributed by atoms with Crippen LogP contribution in [0, 0.1) is 5.82 Å². The van der Waals surface area contributed by atoms with E-state index in [9.17, 15) is 9.18 Å². The molecule has 5 heteroatoms. The number of anilines is 2. The van der Waals surface area contributed by atoms with E-state index in [2.05, 4.69) is 5.32 Å². The summed E-state index contributed by atoms with van der Waals surface area (Å²) in [6.45, 7) is 1.98. The monoisotopic (exact) mass is 224 g/mol. The van der Waals surface area contributed by atoms with E-state index in [4.69, 9.17) is 10.8 Å². The molecule has 0 bridgehead atoms. The van der Waals surface area contributed by atoms with Crippen LogP contribution >= 0.6 is 0 Å². The first-order valence-corrected chi connectivity index (χ1v) is 5.02. The van der Waals surface area contributed by atoms with Gasteiger partial charge in [-0.25, -0.2) is 9.18 Å². The highest BCUT2D eigenvalue weighted by molar-refractivity contribution is 6.00. The van der Waals surface area contributed by atoms with Gasteiger partial charge in [0.05, 0.1) is 11.4 Å². The van der Waals surface area contributed by atoms with Crippen molar-refractivity contribution in [3.63, 3.8) is 0 Å². The molecule has 4 nitrogen and oxygen atoms in total. The van der Waals surface area contributed by atoms with E-state index in [1.165, 1.54) is 12.1 Å². The van der Waals surface area contributed by atoms with Crippen molar-refractivity contribution in [3.05, 3.63) is 23.5 Å². The van der Waals surface area contributed by atoms with Crippen LogP contribution in [-0.2, 0) is 0 Å². The number of carboxylic acid groups (broad SMARTS) is 1. The van der Waals surface area contributed by atoms with Crippen molar-refractivity contribution < 1.29 is 14.3 Å². The summed E-state index contributed by atoms with van der Waals surface area (Å²) in [5, 5.41) is 12.1. The highest BCUT2D eigenvalue weighted by Gasteiger charge is 2.38. The fraction of sp³-hybridized carbons (Fsp3) is 0.364. The molecule has 0 spiro atoms. The maximum Gasteiger partial charge on any atom is 0.340 e. The molecule has 1 aliphatic carbocycles. The summed E-state index contributed by atoms with van der Waals surface area (Å²) in [5.74, 6) is -1.92. The Morgan fingerprint density at radius 1 is 1.56 bits per heavy atom. The molecule has 2 rings (SSSR count). The van der Waals surface area contributed by atoms with Gasteiger partial charge in [0.25, 0.3) is 0 Å². The largest absolute Gasteiger partial charge is 0.478 e. The van der Waals surface area contributed by atoms with E-state index in [-0.39, 0.29) is 16.8 Å². The van der Waals surface area contributed by atoms with Crippen molar-refractivity contribution >= 4 is 17.3 Å². The lowest BCUT2D eigenvalue weighted by Gasteiger charge is -2.16. The lowest BCUT2D eigenvalue weighted by molar-refractivity contribution is 0.0698. The zero-order chi connectivity index (χ0) is 11.9. The second-order valence-electron chi connectivity index (χ2n) is 4.37. The number of nitrogen functional groups attached to an aromatic ring is 1. The van der Waals surface area contributed by atoms with E-state index in [1.54, 1.807) is 0 Å². The van der Waals surface area contributed by atoms with Gasteiger partial charge in [-0.05, 0) is 31.9 Å². The summed E-state index contributed by atoms with van der Waals surface area (Å²) < 4.78 is 13.2. The van der Waals surface area contributed by atoms with Crippen molar-refractivity contribution in [1.29, 1.82) is 0 Å². The maximum atomic E-state index is 13.2. The summed E-state index contributed by atoms with van der Waals surface area (Å²) >= 11 is 0. The minimum absolute atomic E-state index is 0.0749. The van der Waals surface area contributed by atoms with Crippen LogP contribution in [0.15, 0.2) is 12.1 Å². The molecule has 0 heterocycles. The van der Waals surface area contributed by atoms with E-state index >= 15 is 0 Å². The highest BCUT2D eigenvalue weighted by atomic mass is 19.1. The Bertz CT molecular complexity index is 456. The molecule has 0 radical (unpaired) electrons. The minimum Gasteiger partial charge on any atom is -0.478 e. The van der Waals surface area contributed by atoms with E-state index in [0.717, 1.165) is 12.8 Å². The summed E-state index contributed by atoms with van der Waals surface area (Å²) in [5.41, 5.74) is 5.23. The first-order valence-electron chi connectivity index (χ1n) is 5.02. The van der Waals surface area contributed by atoms with Crippen molar-refractivity contribution in [2.45, 2.75) is 25.3 Å². The molecule has 1 aromatic rings. The summed E-state index contributed by atoms with van der Waals surface area (Å²) in [7, 11) is 0. The van der Waals surface area contributed by atoms with Gasteiger partial charge >= 0.3 is 5.97 Å². The fourth-order valence-corrected chi connectivity index (χ4v) is 1.57. The lowest BCUT2D eigenvalue weighted by atomic mass is 10.1. The average molecular weight is 224 g/mol. The number of rotatable bonds is 3. The van der Waals surface area contributed by atoms with Gasteiger partial charge in [-0.1, -0.05) is 0 Å². The van der Waals surface area contributed by atoms with Crippen molar-refractivity contribution in [2.75, 3.05) is 11.1 Å². The maximum absolute atomic E-state index is 13.2. The van der Waals surface area contributed by atoms with Gasteiger partial charge in [0.1, 0.15) is 11.4 Å². The number of carbonyl (C=O) groups is 1. The second kappa shape index (κ2) is 3.37. The number of aromatic carboxylic acids is 1. The van der Waals surface area contributed by atoms with Crippen LogP contribution in [0.2, 0.25) is 0 Å². The Morgan fingerprint density at radius 2 is 2.19 bits per heavy atom. The van der Waals surface area contributed by atoms with E-state index < -0.39 is 11.8 Å². The zero-order valence-electron chi connectivity index (χ0n) is 8.88. The molecular formula is C11H13FN2O2. The Kier molecular flexibility index (Phi) is 2.26. The second-order valence-corrected chi connectivity index (χ2v) is 4.37. The number of hydrogen-bond acceptors (Lipinski definition) is 3. The molecular weight excluding hydrogens is 211 g/mol. The normalized spacial score (nSPS) is 16.9. The predicted octanol–water partition coefficient (Wildman–Crippen LogP) is 2.07. The Balaban J connectivity index is 2.43. The van der Waals surface area contributed by atoms with Gasteiger partial charge in [0, 0.05) is 5.54 Å². The molecule has 0 unspecified atom stereocenters. The van der Waals surface area contributed by atoms with Gasteiger partial charge in [-0.3, -0.25) is 0 Å². The third-order valence-corrected chi connectivity index (χ3v) is 2.84. The smallest absolute Gasteiger partial charge is 0.340 e. The quantitative estimate of drug-likeness (QED) is 0.687. The molecule has 0 atom stereocenters. The number of carboxylic acids is 1. The Hall–Kier alpha value is -1.78. The molecule has 16 heavy (non-hydrogen) atoms. The molecule has 0 aliphatic heterocycles. The Morgan fingerprint density at radius 3 is 2.69 bits per heavy atom. The molecule has 1 aliphatic rings. The lowest BCUT2D eigenvalue weighted by Crippen LogP contribution is -2.19. The molecule has 1 aromatic carbocycles. The molecule has 0 aromatic heterocycles.